The number of nitrogens with one attached hydrogen (secondary N) is 1. The Morgan fingerprint density at radius 2 is 1.76 bits per heavy atom. The first-order valence-corrected chi connectivity index (χ1v) is 5.54. The third-order valence-corrected chi connectivity index (χ3v) is 2.69. The number of hydrogen-bond acceptors (Lipinski definition) is 5. The van der Waals surface area contributed by atoms with Gasteiger partial charge in [0.2, 0.25) is 0 Å². The molecule has 0 aromatic rings. The molecule has 0 aromatic carbocycles. The fourth-order valence-corrected chi connectivity index (χ4v) is 1.67. The highest BCUT2D eigenvalue weighted by molar-refractivity contribution is 5.67. The first kappa shape index (κ1) is 13.6. The van der Waals surface area contributed by atoms with Crippen molar-refractivity contribution in [1.82, 2.24) is 15.1 Å². The van der Waals surface area contributed by atoms with Crippen molar-refractivity contribution in [2.45, 2.75) is 0 Å². The highest BCUT2D eigenvalue weighted by Crippen LogP contribution is 2.02. The molecule has 0 saturated carbocycles. The zero-order valence-electron chi connectivity index (χ0n) is 10.3. The summed E-state index contributed by atoms with van der Waals surface area (Å²) < 4.78 is 9.11. The number of rotatable bonds is 3. The quantitative estimate of drug-likeness (QED) is 0.741. The molecule has 0 aromatic heterocycles. The molecule has 17 heavy (non-hydrogen) atoms. The SMILES string of the molecule is COC(=O)NCCN1CCN(C(=O)OC)CC1. The number of methoxy groups -OCH3 is 2. The van der Waals surface area contributed by atoms with Gasteiger partial charge in [0.1, 0.15) is 0 Å². The Hall–Kier alpha value is -1.50. The lowest BCUT2D eigenvalue weighted by Crippen LogP contribution is -2.50. The maximum atomic E-state index is 11.2. The zero-order chi connectivity index (χ0) is 12.7. The minimum atomic E-state index is -0.418. The van der Waals surface area contributed by atoms with Gasteiger partial charge >= 0.3 is 12.2 Å². The molecule has 1 rings (SSSR count). The van der Waals surface area contributed by atoms with Crippen molar-refractivity contribution in [2.24, 2.45) is 0 Å². The zero-order valence-corrected chi connectivity index (χ0v) is 10.3. The van der Waals surface area contributed by atoms with Crippen molar-refractivity contribution >= 4 is 12.2 Å². The van der Waals surface area contributed by atoms with E-state index >= 15 is 0 Å². The number of ether oxygens (including phenoxy) is 2. The first-order valence-electron chi connectivity index (χ1n) is 5.54. The predicted molar refractivity (Wildman–Crippen MR) is 60.8 cm³/mol. The van der Waals surface area contributed by atoms with Crippen LogP contribution in [0, 0.1) is 0 Å². The Morgan fingerprint density at radius 3 is 2.29 bits per heavy atom. The van der Waals surface area contributed by atoms with Gasteiger partial charge in [-0.05, 0) is 0 Å². The summed E-state index contributed by atoms with van der Waals surface area (Å²) in [6, 6.07) is 0. The lowest BCUT2D eigenvalue weighted by atomic mass is 10.3. The Balaban J connectivity index is 2.15. The van der Waals surface area contributed by atoms with Gasteiger partial charge in [-0.25, -0.2) is 9.59 Å². The van der Waals surface area contributed by atoms with Crippen molar-refractivity contribution in [3.05, 3.63) is 0 Å². The highest BCUT2D eigenvalue weighted by atomic mass is 16.5. The molecule has 7 nitrogen and oxygen atoms in total. The molecule has 0 radical (unpaired) electrons. The molecule has 7 heteroatoms. The average molecular weight is 245 g/mol. The molecular weight excluding hydrogens is 226 g/mol. The van der Waals surface area contributed by atoms with E-state index in [1.807, 2.05) is 0 Å². The van der Waals surface area contributed by atoms with Crippen LogP contribution in [0.15, 0.2) is 0 Å². The Bertz CT molecular complexity index is 262. The molecule has 0 unspecified atom stereocenters. The van der Waals surface area contributed by atoms with E-state index in [4.69, 9.17) is 0 Å². The van der Waals surface area contributed by atoms with Gasteiger partial charge in [0, 0.05) is 39.3 Å². The summed E-state index contributed by atoms with van der Waals surface area (Å²) in [7, 11) is 2.72. The standard InChI is InChI=1S/C10H19N3O4/c1-16-9(14)11-3-4-12-5-7-13(8-6-12)10(15)17-2/h3-8H2,1-2H3,(H,11,14). The molecule has 0 spiro atoms. The van der Waals surface area contributed by atoms with Crippen molar-refractivity contribution in [3.8, 4) is 0 Å². The van der Waals surface area contributed by atoms with E-state index in [1.165, 1.54) is 14.2 Å². The second-order valence-corrected chi connectivity index (χ2v) is 3.72. The van der Waals surface area contributed by atoms with Crippen LogP contribution in [0.2, 0.25) is 0 Å². The number of alkyl carbamates (subject to hydrolysis) is 1. The second kappa shape index (κ2) is 6.95. The molecule has 0 aliphatic carbocycles. The highest BCUT2D eigenvalue weighted by Gasteiger charge is 2.20. The monoisotopic (exact) mass is 245 g/mol. The summed E-state index contributed by atoms with van der Waals surface area (Å²) in [6.07, 6.45) is -0.699. The Morgan fingerprint density at radius 1 is 1.12 bits per heavy atom. The van der Waals surface area contributed by atoms with E-state index < -0.39 is 6.09 Å². The van der Waals surface area contributed by atoms with Gasteiger partial charge in [-0.3, -0.25) is 4.90 Å². The van der Waals surface area contributed by atoms with Crippen LogP contribution < -0.4 is 5.32 Å². The van der Waals surface area contributed by atoms with Gasteiger partial charge in [-0.2, -0.15) is 0 Å². The van der Waals surface area contributed by atoms with E-state index in [1.54, 1.807) is 4.90 Å². The molecule has 1 heterocycles. The van der Waals surface area contributed by atoms with Gasteiger partial charge in [-0.15, -0.1) is 0 Å². The number of piperazine rings is 1. The maximum absolute atomic E-state index is 11.2. The summed E-state index contributed by atoms with van der Waals surface area (Å²) in [5.74, 6) is 0. The van der Waals surface area contributed by atoms with Crippen molar-refractivity contribution in [3.63, 3.8) is 0 Å². The smallest absolute Gasteiger partial charge is 0.409 e. The summed E-state index contributed by atoms with van der Waals surface area (Å²) in [5, 5.41) is 2.62. The average Bonchev–Trinajstić information content (AvgIpc) is 2.38. The molecule has 0 bridgehead atoms. The van der Waals surface area contributed by atoms with Crippen LogP contribution in [-0.2, 0) is 9.47 Å². The minimum Gasteiger partial charge on any atom is -0.453 e. The fourth-order valence-electron chi connectivity index (χ4n) is 1.67. The van der Waals surface area contributed by atoms with Gasteiger partial charge < -0.3 is 19.7 Å². The van der Waals surface area contributed by atoms with Crippen molar-refractivity contribution in [2.75, 3.05) is 53.5 Å². The fraction of sp³-hybridized carbons (Fsp3) is 0.800. The van der Waals surface area contributed by atoms with Gasteiger partial charge in [0.15, 0.2) is 0 Å². The van der Waals surface area contributed by atoms with E-state index in [0.29, 0.717) is 19.6 Å². The third kappa shape index (κ3) is 4.48. The normalized spacial score (nSPS) is 16.5. The largest absolute Gasteiger partial charge is 0.453 e. The number of amides is 2. The van der Waals surface area contributed by atoms with Crippen LogP contribution >= 0.6 is 0 Å². The minimum absolute atomic E-state index is 0.280. The maximum Gasteiger partial charge on any atom is 0.409 e. The van der Waals surface area contributed by atoms with Crippen LogP contribution in [0.3, 0.4) is 0 Å². The first-order chi connectivity index (χ1) is 8.17. The molecule has 2 amide bonds. The summed E-state index contributed by atoms with van der Waals surface area (Å²) in [5.41, 5.74) is 0. The van der Waals surface area contributed by atoms with Gasteiger partial charge in [0.05, 0.1) is 14.2 Å². The molecule has 1 aliphatic heterocycles. The predicted octanol–water partition coefficient (Wildman–Crippen LogP) is -0.274. The van der Waals surface area contributed by atoms with Crippen LogP contribution in [0.1, 0.15) is 0 Å². The van der Waals surface area contributed by atoms with Gasteiger partial charge in [0.25, 0.3) is 0 Å². The van der Waals surface area contributed by atoms with Crippen LogP contribution in [-0.4, -0.2) is 75.5 Å². The molecule has 98 valence electrons. The Labute approximate surface area is 101 Å². The number of nitrogens with zero attached hydrogens (tertiary/aromatic N) is 2. The third-order valence-electron chi connectivity index (χ3n) is 2.69. The van der Waals surface area contributed by atoms with Crippen LogP contribution in [0.4, 0.5) is 9.59 Å². The number of carbonyl (C=O) groups is 2. The summed E-state index contributed by atoms with van der Waals surface area (Å²) >= 11 is 0. The number of carbonyl (C=O) groups excluding carboxylic acids is 2. The summed E-state index contributed by atoms with van der Waals surface area (Å²) in [6.45, 7) is 4.20. The van der Waals surface area contributed by atoms with Gasteiger partial charge in [-0.1, -0.05) is 0 Å². The van der Waals surface area contributed by atoms with E-state index in [-0.39, 0.29) is 6.09 Å². The van der Waals surface area contributed by atoms with Crippen molar-refractivity contribution in [1.29, 1.82) is 0 Å². The summed E-state index contributed by atoms with van der Waals surface area (Å²) in [4.78, 5) is 25.9. The lowest BCUT2D eigenvalue weighted by Gasteiger charge is -2.33. The van der Waals surface area contributed by atoms with E-state index in [2.05, 4.69) is 19.7 Å². The van der Waals surface area contributed by atoms with Crippen molar-refractivity contribution < 1.29 is 19.1 Å². The van der Waals surface area contributed by atoms with E-state index in [9.17, 15) is 9.59 Å². The molecular formula is C10H19N3O4. The van der Waals surface area contributed by atoms with E-state index in [0.717, 1.165) is 19.6 Å². The Kier molecular flexibility index (Phi) is 5.55. The van der Waals surface area contributed by atoms with Crippen LogP contribution in [0.25, 0.3) is 0 Å². The topological polar surface area (TPSA) is 71.1 Å². The van der Waals surface area contributed by atoms with Crippen LogP contribution in [0.5, 0.6) is 0 Å². The molecule has 1 N–H and O–H groups in total. The molecule has 1 saturated heterocycles. The lowest BCUT2D eigenvalue weighted by molar-refractivity contribution is 0.0912. The second-order valence-electron chi connectivity index (χ2n) is 3.72. The number of hydrogen-bond donors (Lipinski definition) is 1. The molecule has 1 aliphatic rings. The molecule has 0 atom stereocenters. The molecule has 1 fully saturated rings.